The number of carboxylic acids is 1. The summed E-state index contributed by atoms with van der Waals surface area (Å²) in [6, 6.07) is 12.6. The Morgan fingerprint density at radius 3 is 1.96 bits per heavy atom. The van der Waals surface area contributed by atoms with Crippen molar-refractivity contribution < 1.29 is 24.3 Å². The quantitative estimate of drug-likeness (QED) is 0.669. The molecule has 0 spiro atoms. The molecule has 6 heteroatoms. The summed E-state index contributed by atoms with van der Waals surface area (Å²) in [6.07, 6.45) is -0.251. The molecule has 0 fully saturated rings. The minimum Gasteiger partial charge on any atom is -0.481 e. The zero-order valence-corrected chi connectivity index (χ0v) is 13.4. The number of nitrogens with zero attached hydrogens (tertiary/aromatic N) is 1. The number of aliphatic carboxylic acids is 1. The minimum absolute atomic E-state index is 0.251. The number of Topliss-reactive ketones (excluding diaryl/α,β-unsaturated/α-hetero) is 1. The predicted molar refractivity (Wildman–Crippen MR) is 89.8 cm³/mol. The van der Waals surface area contributed by atoms with E-state index in [1.807, 2.05) is 0 Å². The summed E-state index contributed by atoms with van der Waals surface area (Å²) >= 11 is 0. The molecular formula is C19H15NO5. The molecular weight excluding hydrogens is 322 g/mol. The topological polar surface area (TPSA) is 91.8 Å². The molecule has 1 unspecified atom stereocenters. The standard InChI is InChI=1S/C19H15NO5/c1-11(10-16(21)22)17(23)12-6-8-13(9-7-12)20-18(24)14-4-2-3-5-15(14)19(20)25/h2-9,11H,10H2,1H3,(H,21,22). The molecule has 2 amide bonds. The molecule has 1 aliphatic heterocycles. The van der Waals surface area contributed by atoms with Crippen molar-refractivity contribution >= 4 is 29.3 Å². The lowest BCUT2D eigenvalue weighted by atomic mass is 9.96. The summed E-state index contributed by atoms with van der Waals surface area (Å²) in [4.78, 5) is 48.9. The second kappa shape index (κ2) is 6.32. The molecule has 0 bridgehead atoms. The molecule has 25 heavy (non-hydrogen) atoms. The zero-order valence-electron chi connectivity index (χ0n) is 13.4. The number of amides is 2. The maximum absolute atomic E-state index is 12.4. The fourth-order valence-electron chi connectivity index (χ4n) is 2.84. The van der Waals surface area contributed by atoms with E-state index < -0.39 is 23.7 Å². The summed E-state index contributed by atoms with van der Waals surface area (Å²) < 4.78 is 0. The van der Waals surface area contributed by atoms with Gasteiger partial charge < -0.3 is 5.11 Å². The van der Waals surface area contributed by atoms with Gasteiger partial charge in [0.25, 0.3) is 11.8 Å². The number of ketones is 1. The predicted octanol–water partition coefficient (Wildman–Crippen LogP) is 2.78. The average molecular weight is 337 g/mol. The van der Waals surface area contributed by atoms with Gasteiger partial charge >= 0.3 is 5.97 Å². The first-order valence-electron chi connectivity index (χ1n) is 7.74. The third kappa shape index (κ3) is 2.94. The highest BCUT2D eigenvalue weighted by molar-refractivity contribution is 6.34. The molecule has 0 saturated heterocycles. The molecule has 0 aliphatic carbocycles. The molecule has 1 aliphatic rings. The van der Waals surface area contributed by atoms with Crippen molar-refractivity contribution in [2.24, 2.45) is 5.92 Å². The number of anilines is 1. The highest BCUT2D eigenvalue weighted by Crippen LogP contribution is 2.28. The summed E-state index contributed by atoms with van der Waals surface area (Å²) in [7, 11) is 0. The highest BCUT2D eigenvalue weighted by Gasteiger charge is 2.36. The van der Waals surface area contributed by atoms with E-state index in [9.17, 15) is 19.2 Å². The van der Waals surface area contributed by atoms with E-state index in [1.165, 1.54) is 24.3 Å². The molecule has 2 aromatic rings. The summed E-state index contributed by atoms with van der Waals surface area (Å²) in [5.41, 5.74) is 1.41. The van der Waals surface area contributed by atoms with E-state index in [2.05, 4.69) is 0 Å². The lowest BCUT2D eigenvalue weighted by molar-refractivity contribution is -0.137. The number of carbonyl (C=O) groups excluding carboxylic acids is 3. The second-order valence-electron chi connectivity index (χ2n) is 5.90. The van der Waals surface area contributed by atoms with Gasteiger partial charge in [-0.1, -0.05) is 19.1 Å². The Labute approximate surface area is 143 Å². The number of hydrogen-bond acceptors (Lipinski definition) is 4. The van der Waals surface area contributed by atoms with Crippen LogP contribution in [0.1, 0.15) is 44.4 Å². The van der Waals surface area contributed by atoms with Crippen LogP contribution < -0.4 is 4.90 Å². The maximum atomic E-state index is 12.4. The fourth-order valence-corrected chi connectivity index (χ4v) is 2.84. The van der Waals surface area contributed by atoms with Crippen LogP contribution in [0.2, 0.25) is 0 Å². The van der Waals surface area contributed by atoms with Crippen LogP contribution in [-0.4, -0.2) is 28.7 Å². The van der Waals surface area contributed by atoms with Crippen molar-refractivity contribution in [2.45, 2.75) is 13.3 Å². The monoisotopic (exact) mass is 337 g/mol. The van der Waals surface area contributed by atoms with Gasteiger partial charge in [-0.25, -0.2) is 4.90 Å². The molecule has 1 atom stereocenters. The number of imide groups is 1. The molecule has 1 N–H and O–H groups in total. The van der Waals surface area contributed by atoms with Crippen LogP contribution in [0.3, 0.4) is 0 Å². The third-order valence-electron chi connectivity index (χ3n) is 4.13. The van der Waals surface area contributed by atoms with E-state index in [4.69, 9.17) is 5.11 Å². The van der Waals surface area contributed by atoms with Gasteiger partial charge in [0.1, 0.15) is 0 Å². The smallest absolute Gasteiger partial charge is 0.304 e. The zero-order chi connectivity index (χ0) is 18.1. The number of hydrogen-bond donors (Lipinski definition) is 1. The highest BCUT2D eigenvalue weighted by atomic mass is 16.4. The number of fused-ring (bicyclic) bond motifs is 1. The molecule has 0 aromatic heterocycles. The van der Waals surface area contributed by atoms with Crippen molar-refractivity contribution in [3.05, 3.63) is 65.2 Å². The largest absolute Gasteiger partial charge is 0.481 e. The normalized spacial score (nSPS) is 14.4. The average Bonchev–Trinajstić information content (AvgIpc) is 2.85. The van der Waals surface area contributed by atoms with Crippen LogP contribution in [0.25, 0.3) is 0 Å². The van der Waals surface area contributed by atoms with Gasteiger partial charge in [-0.3, -0.25) is 19.2 Å². The fraction of sp³-hybridized carbons (Fsp3) is 0.158. The van der Waals surface area contributed by atoms with E-state index in [0.717, 1.165) is 4.90 Å². The SMILES string of the molecule is CC(CC(=O)O)C(=O)c1ccc(N2C(=O)c3ccccc3C2=O)cc1. The first-order valence-corrected chi connectivity index (χ1v) is 7.74. The van der Waals surface area contributed by atoms with E-state index in [0.29, 0.717) is 22.4 Å². The van der Waals surface area contributed by atoms with Gasteiger partial charge in [0.15, 0.2) is 5.78 Å². The van der Waals surface area contributed by atoms with Crippen molar-refractivity contribution in [2.75, 3.05) is 4.90 Å². The number of benzene rings is 2. The van der Waals surface area contributed by atoms with E-state index >= 15 is 0 Å². The molecule has 2 aromatic carbocycles. The lowest BCUT2D eigenvalue weighted by Gasteiger charge is -2.15. The van der Waals surface area contributed by atoms with Crippen molar-refractivity contribution in [1.82, 2.24) is 0 Å². The minimum atomic E-state index is -1.04. The Morgan fingerprint density at radius 1 is 0.960 bits per heavy atom. The molecule has 3 rings (SSSR count). The van der Waals surface area contributed by atoms with Gasteiger partial charge in [0.2, 0.25) is 0 Å². The van der Waals surface area contributed by atoms with Crippen LogP contribution in [0.15, 0.2) is 48.5 Å². The Kier molecular flexibility index (Phi) is 4.19. The maximum Gasteiger partial charge on any atom is 0.304 e. The Morgan fingerprint density at radius 2 is 1.48 bits per heavy atom. The number of carbonyl (C=O) groups is 4. The Balaban J connectivity index is 1.84. The van der Waals surface area contributed by atoms with Crippen LogP contribution in [0, 0.1) is 5.92 Å². The van der Waals surface area contributed by atoms with Gasteiger partial charge in [-0.15, -0.1) is 0 Å². The molecule has 0 radical (unpaired) electrons. The number of carboxylic acid groups (broad SMARTS) is 1. The third-order valence-corrected chi connectivity index (χ3v) is 4.13. The molecule has 0 saturated carbocycles. The molecule has 126 valence electrons. The van der Waals surface area contributed by atoms with E-state index in [1.54, 1.807) is 31.2 Å². The Bertz CT molecular complexity index is 850. The first kappa shape index (κ1) is 16.6. The van der Waals surface area contributed by atoms with Gasteiger partial charge in [0.05, 0.1) is 23.2 Å². The summed E-state index contributed by atoms with van der Waals surface area (Å²) in [5, 5.41) is 8.78. The van der Waals surface area contributed by atoms with Crippen LogP contribution in [0.4, 0.5) is 5.69 Å². The van der Waals surface area contributed by atoms with Crippen molar-refractivity contribution in [3.63, 3.8) is 0 Å². The summed E-state index contributed by atoms with van der Waals surface area (Å²) in [6.45, 7) is 1.55. The first-order chi connectivity index (χ1) is 11.9. The van der Waals surface area contributed by atoms with Gasteiger partial charge in [-0.05, 0) is 36.4 Å². The van der Waals surface area contributed by atoms with Crippen molar-refractivity contribution in [3.8, 4) is 0 Å². The van der Waals surface area contributed by atoms with Crippen LogP contribution in [-0.2, 0) is 4.79 Å². The molecule has 6 nitrogen and oxygen atoms in total. The van der Waals surface area contributed by atoms with Crippen LogP contribution >= 0.6 is 0 Å². The second-order valence-corrected chi connectivity index (χ2v) is 5.90. The van der Waals surface area contributed by atoms with Crippen LogP contribution in [0.5, 0.6) is 0 Å². The van der Waals surface area contributed by atoms with Gasteiger partial charge in [-0.2, -0.15) is 0 Å². The molecule has 1 heterocycles. The Hall–Kier alpha value is -3.28. The van der Waals surface area contributed by atoms with E-state index in [-0.39, 0.29) is 12.2 Å². The number of rotatable bonds is 5. The van der Waals surface area contributed by atoms with Gasteiger partial charge in [0, 0.05) is 11.5 Å². The summed E-state index contributed by atoms with van der Waals surface area (Å²) in [5.74, 6) is -2.79. The lowest BCUT2D eigenvalue weighted by Crippen LogP contribution is -2.29. The van der Waals surface area contributed by atoms with Crippen molar-refractivity contribution in [1.29, 1.82) is 0 Å².